The molecule has 0 aliphatic carbocycles. The van der Waals surface area contributed by atoms with Crippen LogP contribution in [-0.4, -0.2) is 9.97 Å². The third-order valence-corrected chi connectivity index (χ3v) is 3.17. The van der Waals surface area contributed by atoms with Gasteiger partial charge < -0.3 is 5.73 Å². The zero-order valence-corrected chi connectivity index (χ0v) is 8.71. The van der Waals surface area contributed by atoms with Gasteiger partial charge in [0.1, 0.15) is 5.01 Å². The SMILES string of the molecule is Cc1nc(CN)sc1-c1cccnc1. The number of rotatable bonds is 2. The highest BCUT2D eigenvalue weighted by molar-refractivity contribution is 7.15. The molecule has 0 fully saturated rings. The molecule has 0 saturated heterocycles. The molecule has 72 valence electrons. The van der Waals surface area contributed by atoms with Crippen LogP contribution in [0.3, 0.4) is 0 Å². The highest BCUT2D eigenvalue weighted by atomic mass is 32.1. The Morgan fingerprint density at radius 1 is 1.50 bits per heavy atom. The molecule has 2 heterocycles. The summed E-state index contributed by atoms with van der Waals surface area (Å²) in [6, 6.07) is 3.96. The number of hydrogen-bond donors (Lipinski definition) is 1. The Bertz CT molecular complexity index is 422. The van der Waals surface area contributed by atoms with Gasteiger partial charge in [0.2, 0.25) is 0 Å². The third-order valence-electron chi connectivity index (χ3n) is 1.94. The first kappa shape index (κ1) is 9.30. The number of aryl methyl sites for hydroxylation is 1. The van der Waals surface area contributed by atoms with E-state index in [1.807, 2.05) is 25.3 Å². The average molecular weight is 205 g/mol. The maximum Gasteiger partial charge on any atom is 0.107 e. The van der Waals surface area contributed by atoms with E-state index in [0.29, 0.717) is 6.54 Å². The first-order chi connectivity index (χ1) is 6.81. The summed E-state index contributed by atoms with van der Waals surface area (Å²) in [5.41, 5.74) is 7.69. The number of thiazole rings is 1. The Kier molecular flexibility index (Phi) is 2.56. The van der Waals surface area contributed by atoms with Crippen LogP contribution in [0, 0.1) is 6.92 Å². The molecule has 3 nitrogen and oxygen atoms in total. The smallest absolute Gasteiger partial charge is 0.107 e. The van der Waals surface area contributed by atoms with Crippen LogP contribution in [0.1, 0.15) is 10.7 Å². The molecular formula is C10H11N3S. The molecule has 2 rings (SSSR count). The number of nitrogens with zero attached hydrogens (tertiary/aromatic N) is 2. The summed E-state index contributed by atoms with van der Waals surface area (Å²) in [6.45, 7) is 2.50. The summed E-state index contributed by atoms with van der Waals surface area (Å²) in [4.78, 5) is 9.62. The topological polar surface area (TPSA) is 51.8 Å². The second-order valence-corrected chi connectivity index (χ2v) is 4.05. The molecule has 0 aliphatic heterocycles. The fraction of sp³-hybridized carbons (Fsp3) is 0.200. The van der Waals surface area contributed by atoms with E-state index in [0.717, 1.165) is 16.3 Å². The van der Waals surface area contributed by atoms with E-state index in [2.05, 4.69) is 9.97 Å². The summed E-state index contributed by atoms with van der Waals surface area (Å²) in [6.07, 6.45) is 3.62. The molecule has 2 aromatic heterocycles. The van der Waals surface area contributed by atoms with E-state index in [1.54, 1.807) is 17.5 Å². The highest BCUT2D eigenvalue weighted by Gasteiger charge is 2.07. The predicted octanol–water partition coefficient (Wildman–Crippen LogP) is 1.97. The lowest BCUT2D eigenvalue weighted by molar-refractivity contribution is 1.02. The van der Waals surface area contributed by atoms with Crippen LogP contribution >= 0.6 is 11.3 Å². The fourth-order valence-electron chi connectivity index (χ4n) is 1.30. The van der Waals surface area contributed by atoms with Crippen molar-refractivity contribution in [2.24, 2.45) is 5.73 Å². The summed E-state index contributed by atoms with van der Waals surface area (Å²) in [5.74, 6) is 0. The van der Waals surface area contributed by atoms with Gasteiger partial charge in [-0.1, -0.05) is 6.07 Å². The van der Waals surface area contributed by atoms with Crippen molar-refractivity contribution in [3.8, 4) is 10.4 Å². The van der Waals surface area contributed by atoms with Crippen molar-refractivity contribution in [2.45, 2.75) is 13.5 Å². The summed E-state index contributed by atoms with van der Waals surface area (Å²) in [7, 11) is 0. The maximum atomic E-state index is 5.54. The zero-order valence-electron chi connectivity index (χ0n) is 7.90. The van der Waals surface area contributed by atoms with Crippen LogP contribution < -0.4 is 5.73 Å². The van der Waals surface area contributed by atoms with E-state index >= 15 is 0 Å². The van der Waals surface area contributed by atoms with Gasteiger partial charge in [-0.2, -0.15) is 0 Å². The van der Waals surface area contributed by atoms with Crippen LogP contribution in [0.15, 0.2) is 24.5 Å². The van der Waals surface area contributed by atoms with Crippen molar-refractivity contribution in [2.75, 3.05) is 0 Å². The molecule has 0 bridgehead atoms. The van der Waals surface area contributed by atoms with Gasteiger partial charge in [0.15, 0.2) is 0 Å². The van der Waals surface area contributed by atoms with Gasteiger partial charge in [-0.3, -0.25) is 4.98 Å². The van der Waals surface area contributed by atoms with Crippen molar-refractivity contribution in [1.82, 2.24) is 9.97 Å². The number of pyridine rings is 1. The van der Waals surface area contributed by atoms with Crippen LogP contribution in [0.2, 0.25) is 0 Å². The van der Waals surface area contributed by atoms with Gasteiger partial charge in [0.05, 0.1) is 10.6 Å². The Morgan fingerprint density at radius 2 is 2.36 bits per heavy atom. The van der Waals surface area contributed by atoms with E-state index in [9.17, 15) is 0 Å². The summed E-state index contributed by atoms with van der Waals surface area (Å²) in [5, 5.41) is 0.973. The molecule has 0 aliphatic rings. The van der Waals surface area contributed by atoms with E-state index in [4.69, 9.17) is 5.73 Å². The van der Waals surface area contributed by atoms with Crippen molar-refractivity contribution < 1.29 is 0 Å². The molecule has 4 heteroatoms. The number of aromatic nitrogens is 2. The lowest BCUT2D eigenvalue weighted by Gasteiger charge is -1.95. The second-order valence-electron chi connectivity index (χ2n) is 2.97. The molecule has 0 aromatic carbocycles. The zero-order chi connectivity index (χ0) is 9.97. The maximum absolute atomic E-state index is 5.54. The van der Waals surface area contributed by atoms with Crippen LogP contribution in [-0.2, 0) is 6.54 Å². The van der Waals surface area contributed by atoms with E-state index < -0.39 is 0 Å². The molecule has 0 spiro atoms. The summed E-state index contributed by atoms with van der Waals surface area (Å²) < 4.78 is 0. The highest BCUT2D eigenvalue weighted by Crippen LogP contribution is 2.28. The summed E-state index contributed by atoms with van der Waals surface area (Å²) >= 11 is 1.64. The quantitative estimate of drug-likeness (QED) is 0.815. The Labute approximate surface area is 86.6 Å². The Hall–Kier alpha value is -1.26. The van der Waals surface area contributed by atoms with Crippen molar-refractivity contribution in [3.63, 3.8) is 0 Å². The van der Waals surface area contributed by atoms with E-state index in [1.165, 1.54) is 4.88 Å². The van der Waals surface area contributed by atoms with Crippen LogP contribution in [0.4, 0.5) is 0 Å². The van der Waals surface area contributed by atoms with Gasteiger partial charge in [-0.05, 0) is 13.0 Å². The Morgan fingerprint density at radius 3 is 2.93 bits per heavy atom. The van der Waals surface area contributed by atoms with Crippen molar-refractivity contribution in [1.29, 1.82) is 0 Å². The largest absolute Gasteiger partial charge is 0.325 e. The molecule has 0 unspecified atom stereocenters. The van der Waals surface area contributed by atoms with Gasteiger partial charge in [-0.15, -0.1) is 11.3 Å². The molecule has 2 aromatic rings. The molecular weight excluding hydrogens is 194 g/mol. The predicted molar refractivity (Wildman–Crippen MR) is 58.0 cm³/mol. The van der Waals surface area contributed by atoms with Crippen molar-refractivity contribution in [3.05, 3.63) is 35.2 Å². The number of hydrogen-bond acceptors (Lipinski definition) is 4. The second kappa shape index (κ2) is 3.86. The molecule has 14 heavy (non-hydrogen) atoms. The number of nitrogens with two attached hydrogens (primary N) is 1. The fourth-order valence-corrected chi connectivity index (χ4v) is 2.24. The van der Waals surface area contributed by atoms with Gasteiger partial charge in [0.25, 0.3) is 0 Å². The van der Waals surface area contributed by atoms with Gasteiger partial charge >= 0.3 is 0 Å². The average Bonchev–Trinajstić information content (AvgIpc) is 2.61. The molecule has 0 amide bonds. The monoisotopic (exact) mass is 205 g/mol. The molecule has 2 N–H and O–H groups in total. The normalized spacial score (nSPS) is 10.4. The minimum atomic E-state index is 0.506. The first-order valence-electron chi connectivity index (χ1n) is 4.38. The standard InChI is InChI=1S/C10H11N3S/c1-7-10(14-9(5-11)13-7)8-3-2-4-12-6-8/h2-4,6H,5,11H2,1H3. The lowest BCUT2D eigenvalue weighted by atomic mass is 10.2. The van der Waals surface area contributed by atoms with Gasteiger partial charge in [-0.25, -0.2) is 4.98 Å². The van der Waals surface area contributed by atoms with Crippen molar-refractivity contribution >= 4 is 11.3 Å². The minimum Gasteiger partial charge on any atom is -0.325 e. The first-order valence-corrected chi connectivity index (χ1v) is 5.19. The third kappa shape index (κ3) is 1.66. The molecule has 0 saturated carbocycles. The minimum absolute atomic E-state index is 0.506. The van der Waals surface area contributed by atoms with E-state index in [-0.39, 0.29) is 0 Å². The Balaban J connectivity index is 2.46. The van der Waals surface area contributed by atoms with Gasteiger partial charge in [0, 0.05) is 24.5 Å². The molecule has 0 radical (unpaired) electrons. The molecule has 0 atom stereocenters. The lowest BCUT2D eigenvalue weighted by Crippen LogP contribution is -1.94. The van der Waals surface area contributed by atoms with Crippen LogP contribution in [0.25, 0.3) is 10.4 Å². The van der Waals surface area contributed by atoms with Crippen LogP contribution in [0.5, 0.6) is 0 Å².